The van der Waals surface area contributed by atoms with Gasteiger partial charge in [0, 0.05) is 60.0 Å². The van der Waals surface area contributed by atoms with E-state index in [0.29, 0.717) is 13.2 Å². The smallest absolute Gasteiger partial charge is 0.113 e. The van der Waals surface area contributed by atoms with E-state index >= 15 is 0 Å². The van der Waals surface area contributed by atoms with E-state index in [1.54, 1.807) is 33.5 Å². The lowest BCUT2D eigenvalue weighted by atomic mass is 9.87. The van der Waals surface area contributed by atoms with Gasteiger partial charge in [0.2, 0.25) is 0 Å². The summed E-state index contributed by atoms with van der Waals surface area (Å²) in [6, 6.07) is -1.04. The monoisotopic (exact) mass is 369 g/mol. The number of ether oxygens (including phenoxy) is 6. The summed E-state index contributed by atoms with van der Waals surface area (Å²) in [7, 11) is 20.2. The van der Waals surface area contributed by atoms with E-state index in [4.69, 9.17) is 49.0 Å². The first-order valence-electron chi connectivity index (χ1n) is 8.70. The molecule has 146 valence electrons. The van der Waals surface area contributed by atoms with Gasteiger partial charge in [-0.3, -0.25) is 4.84 Å². The SMILES string of the molecule is [B][C@@H]1OC(COC)[C@@H](CN(C)OCC2O[C@@H]([B])[C@H](OC)[C@@H]2OC)[C@H]1OC. The van der Waals surface area contributed by atoms with Gasteiger partial charge in [0.05, 0.1) is 25.4 Å². The van der Waals surface area contributed by atoms with Gasteiger partial charge in [-0.15, -0.1) is 0 Å². The van der Waals surface area contributed by atoms with E-state index in [0.717, 1.165) is 0 Å². The van der Waals surface area contributed by atoms with Crippen LogP contribution in [0.2, 0.25) is 0 Å². The maximum atomic E-state index is 6.01. The molecule has 2 fully saturated rings. The van der Waals surface area contributed by atoms with Gasteiger partial charge in [-0.2, -0.15) is 5.06 Å². The minimum Gasteiger partial charge on any atom is -0.382 e. The van der Waals surface area contributed by atoms with Crippen molar-refractivity contribution in [3.8, 4) is 0 Å². The predicted molar refractivity (Wildman–Crippen MR) is 95.2 cm³/mol. The summed E-state index contributed by atoms with van der Waals surface area (Å²) >= 11 is 0. The lowest BCUT2D eigenvalue weighted by molar-refractivity contribution is -0.186. The molecule has 0 saturated carbocycles. The second-order valence-electron chi connectivity index (χ2n) is 6.60. The van der Waals surface area contributed by atoms with Gasteiger partial charge < -0.3 is 28.4 Å². The van der Waals surface area contributed by atoms with Gasteiger partial charge in [-0.25, -0.2) is 0 Å². The first-order valence-corrected chi connectivity index (χ1v) is 8.70. The van der Waals surface area contributed by atoms with Crippen LogP contribution in [0.4, 0.5) is 0 Å². The third-order valence-corrected chi connectivity index (χ3v) is 4.98. The molecule has 0 bridgehead atoms. The highest BCUT2D eigenvalue weighted by molar-refractivity contribution is 6.12. The average molecular weight is 369 g/mol. The molecule has 4 radical (unpaired) electrons. The first-order chi connectivity index (χ1) is 12.5. The number of methoxy groups -OCH3 is 4. The maximum Gasteiger partial charge on any atom is 0.113 e. The van der Waals surface area contributed by atoms with Crippen molar-refractivity contribution in [2.45, 2.75) is 42.5 Å². The Morgan fingerprint density at radius 3 is 1.96 bits per heavy atom. The Morgan fingerprint density at radius 2 is 1.38 bits per heavy atom. The molecule has 2 aliphatic rings. The number of rotatable bonds is 10. The molecule has 2 rings (SSSR count). The predicted octanol–water partition coefficient (Wildman–Crippen LogP) is -1.06. The van der Waals surface area contributed by atoms with E-state index in [1.807, 2.05) is 7.05 Å². The van der Waals surface area contributed by atoms with E-state index in [2.05, 4.69) is 0 Å². The molecule has 0 N–H and O–H groups in total. The molecule has 0 aliphatic carbocycles. The van der Waals surface area contributed by atoms with Crippen LogP contribution in [0, 0.1) is 5.92 Å². The van der Waals surface area contributed by atoms with Crippen molar-refractivity contribution in [3.63, 3.8) is 0 Å². The number of hydroxylamine groups is 2. The molecular formula is C16H29B2NO7. The molecule has 0 aromatic carbocycles. The van der Waals surface area contributed by atoms with Crippen molar-refractivity contribution in [1.82, 2.24) is 5.06 Å². The van der Waals surface area contributed by atoms with Crippen molar-refractivity contribution in [2.75, 3.05) is 55.2 Å². The minimum absolute atomic E-state index is 0.0108. The Bertz CT molecular complexity index is 422. The third-order valence-electron chi connectivity index (χ3n) is 4.98. The van der Waals surface area contributed by atoms with Crippen LogP contribution < -0.4 is 0 Å². The fourth-order valence-electron chi connectivity index (χ4n) is 3.69. The summed E-state index contributed by atoms with van der Waals surface area (Å²) in [5, 5.41) is 1.72. The number of hydrogen-bond donors (Lipinski definition) is 0. The third kappa shape index (κ3) is 4.99. The fourth-order valence-corrected chi connectivity index (χ4v) is 3.69. The van der Waals surface area contributed by atoms with E-state index < -0.39 is 12.0 Å². The van der Waals surface area contributed by atoms with Crippen LogP contribution in [-0.2, 0) is 33.3 Å². The molecular weight excluding hydrogens is 340 g/mol. The molecule has 2 unspecified atom stereocenters. The summed E-state index contributed by atoms with van der Waals surface area (Å²) in [5.41, 5.74) is 0. The highest BCUT2D eigenvalue weighted by Crippen LogP contribution is 2.29. The summed E-state index contributed by atoms with van der Waals surface area (Å²) in [6.45, 7) is 1.28. The summed E-state index contributed by atoms with van der Waals surface area (Å²) in [4.78, 5) is 5.84. The zero-order valence-corrected chi connectivity index (χ0v) is 16.2. The molecule has 8 atom stereocenters. The van der Waals surface area contributed by atoms with Crippen LogP contribution in [-0.4, -0.2) is 119 Å². The molecule has 8 nitrogen and oxygen atoms in total. The van der Waals surface area contributed by atoms with Gasteiger partial charge in [-0.1, -0.05) is 0 Å². The molecule has 0 amide bonds. The Labute approximate surface area is 158 Å². The molecule has 2 saturated heterocycles. The number of hydrogen-bond acceptors (Lipinski definition) is 8. The van der Waals surface area contributed by atoms with Crippen LogP contribution in [0.15, 0.2) is 0 Å². The lowest BCUT2D eigenvalue weighted by Crippen LogP contribution is -2.42. The summed E-state index contributed by atoms with van der Waals surface area (Å²) in [6.07, 6.45) is -1.34. The highest BCUT2D eigenvalue weighted by Gasteiger charge is 2.44. The number of nitrogens with zero attached hydrogens (tertiary/aromatic N) is 1. The summed E-state index contributed by atoms with van der Waals surface area (Å²) in [5.74, 6) is 0.0108. The van der Waals surface area contributed by atoms with Gasteiger partial charge in [-0.05, 0) is 0 Å². The summed E-state index contributed by atoms with van der Waals surface area (Å²) < 4.78 is 33.0. The molecule has 0 aromatic rings. The highest BCUT2D eigenvalue weighted by atomic mass is 16.7. The fraction of sp³-hybridized carbons (Fsp3) is 1.00. The van der Waals surface area contributed by atoms with Crippen LogP contribution in [0.5, 0.6) is 0 Å². The largest absolute Gasteiger partial charge is 0.382 e. The second kappa shape index (κ2) is 10.4. The van der Waals surface area contributed by atoms with Crippen LogP contribution in [0.1, 0.15) is 0 Å². The van der Waals surface area contributed by atoms with Crippen LogP contribution >= 0.6 is 0 Å². The van der Waals surface area contributed by atoms with E-state index in [9.17, 15) is 0 Å². The Hall–Kier alpha value is -0.190. The van der Waals surface area contributed by atoms with Crippen LogP contribution in [0.25, 0.3) is 0 Å². The standard InChI is InChI=1S/C16H29B2NO7/c1-19(6-9-10(7-20-2)25-15(17)12(9)21-3)24-8-11-13(22-4)14(23-5)16(18)26-11/h9-16H,6-8H2,1-5H3/t9-,10?,11?,12-,13-,14-,15-,16-/m1/s1. The lowest BCUT2D eigenvalue weighted by Gasteiger charge is -2.28. The minimum atomic E-state index is -0.547. The molecule has 0 aromatic heterocycles. The molecule has 0 spiro atoms. The Morgan fingerprint density at radius 1 is 0.808 bits per heavy atom. The quantitative estimate of drug-likeness (QED) is 0.357. The first kappa shape index (κ1) is 22.1. The van der Waals surface area contributed by atoms with Gasteiger partial charge >= 0.3 is 0 Å². The molecule has 2 heterocycles. The average Bonchev–Trinajstić information content (AvgIpc) is 3.08. The van der Waals surface area contributed by atoms with Crippen molar-refractivity contribution in [1.29, 1.82) is 0 Å². The van der Waals surface area contributed by atoms with Gasteiger partial charge in [0.15, 0.2) is 0 Å². The van der Waals surface area contributed by atoms with Crippen molar-refractivity contribution in [2.24, 2.45) is 5.92 Å². The Balaban J connectivity index is 1.88. The van der Waals surface area contributed by atoms with E-state index in [-0.39, 0.29) is 43.0 Å². The van der Waals surface area contributed by atoms with Crippen molar-refractivity contribution in [3.05, 3.63) is 0 Å². The van der Waals surface area contributed by atoms with Crippen LogP contribution in [0.3, 0.4) is 0 Å². The second-order valence-corrected chi connectivity index (χ2v) is 6.60. The van der Waals surface area contributed by atoms with Crippen molar-refractivity contribution >= 4 is 15.7 Å². The topological polar surface area (TPSA) is 67.9 Å². The molecule has 26 heavy (non-hydrogen) atoms. The zero-order chi connectivity index (χ0) is 19.3. The van der Waals surface area contributed by atoms with Gasteiger partial charge in [0.1, 0.15) is 34.0 Å². The van der Waals surface area contributed by atoms with E-state index in [1.165, 1.54) is 0 Å². The molecule has 2 aliphatic heterocycles. The molecule has 10 heteroatoms. The van der Waals surface area contributed by atoms with Gasteiger partial charge in [0.25, 0.3) is 0 Å². The normalized spacial score (nSPS) is 40.5. The van der Waals surface area contributed by atoms with Crippen molar-refractivity contribution < 1.29 is 33.3 Å². The Kier molecular flexibility index (Phi) is 8.82. The maximum absolute atomic E-state index is 6.01. The zero-order valence-electron chi connectivity index (χ0n) is 16.2.